The number of rotatable bonds is 4. The van der Waals surface area contributed by atoms with Gasteiger partial charge in [0, 0.05) is 15.4 Å². The van der Waals surface area contributed by atoms with Crippen LogP contribution in [0.15, 0.2) is 58.4 Å². The van der Waals surface area contributed by atoms with Gasteiger partial charge in [0.25, 0.3) is 0 Å². The van der Waals surface area contributed by atoms with Crippen LogP contribution in [0.2, 0.25) is 0 Å². The number of hydrogen-bond acceptors (Lipinski definition) is 4. The van der Waals surface area contributed by atoms with Crippen molar-refractivity contribution in [3.8, 4) is 22.1 Å². The van der Waals surface area contributed by atoms with Crippen molar-refractivity contribution >= 4 is 33.2 Å². The molecule has 2 aromatic carbocycles. The molecule has 0 saturated heterocycles. The lowest BCUT2D eigenvalue weighted by Crippen LogP contribution is -1.95. The van der Waals surface area contributed by atoms with Crippen molar-refractivity contribution in [2.75, 3.05) is 0 Å². The van der Waals surface area contributed by atoms with Gasteiger partial charge in [0.05, 0.1) is 0 Å². The number of aromatic carboxylic acids is 1. The monoisotopic (exact) mass is 375 g/mol. The Hall–Kier alpha value is -2.18. The van der Waals surface area contributed by atoms with E-state index >= 15 is 0 Å². The minimum atomic E-state index is -1.02. The molecule has 3 rings (SSSR count). The van der Waals surface area contributed by atoms with E-state index in [4.69, 9.17) is 9.84 Å². The molecule has 3 aromatic rings. The standard InChI is InChI=1S/C16H10BrNO3S/c17-11-3-7-13(8-4-11)21-12-5-1-10(2-6-12)15-18-14(9-22-15)16(19)20/h1-9H,(H,19,20). The molecule has 0 unspecified atom stereocenters. The molecule has 0 aliphatic rings. The molecule has 22 heavy (non-hydrogen) atoms. The van der Waals surface area contributed by atoms with Crippen molar-refractivity contribution < 1.29 is 14.6 Å². The summed E-state index contributed by atoms with van der Waals surface area (Å²) < 4.78 is 6.73. The predicted octanol–water partition coefficient (Wildman–Crippen LogP) is 5.06. The molecule has 0 amide bonds. The number of nitrogens with zero attached hydrogens (tertiary/aromatic N) is 1. The van der Waals surface area contributed by atoms with E-state index in [-0.39, 0.29) is 5.69 Å². The number of thiazole rings is 1. The average molecular weight is 376 g/mol. The molecule has 0 spiro atoms. The quantitative estimate of drug-likeness (QED) is 0.691. The fourth-order valence-electron chi connectivity index (χ4n) is 1.81. The van der Waals surface area contributed by atoms with E-state index < -0.39 is 5.97 Å². The number of aromatic nitrogens is 1. The predicted molar refractivity (Wildman–Crippen MR) is 88.7 cm³/mol. The molecule has 1 N–H and O–H groups in total. The lowest BCUT2D eigenvalue weighted by molar-refractivity contribution is 0.0691. The summed E-state index contributed by atoms with van der Waals surface area (Å²) in [5.41, 5.74) is 0.927. The highest BCUT2D eigenvalue weighted by Crippen LogP contribution is 2.28. The number of benzene rings is 2. The van der Waals surface area contributed by atoms with Gasteiger partial charge in [-0.15, -0.1) is 11.3 Å². The first-order valence-corrected chi connectivity index (χ1v) is 8.02. The van der Waals surface area contributed by atoms with Gasteiger partial charge in [-0.3, -0.25) is 0 Å². The van der Waals surface area contributed by atoms with Crippen LogP contribution in [0.5, 0.6) is 11.5 Å². The largest absolute Gasteiger partial charge is 0.476 e. The van der Waals surface area contributed by atoms with Gasteiger partial charge in [-0.25, -0.2) is 9.78 Å². The van der Waals surface area contributed by atoms with Gasteiger partial charge in [-0.05, 0) is 48.5 Å². The Bertz CT molecular complexity index is 797. The summed E-state index contributed by atoms with van der Waals surface area (Å²) in [6.07, 6.45) is 0. The van der Waals surface area contributed by atoms with Crippen LogP contribution in [0.1, 0.15) is 10.5 Å². The Morgan fingerprint density at radius 1 is 1.05 bits per heavy atom. The summed E-state index contributed by atoms with van der Waals surface area (Å²) in [5, 5.41) is 11.1. The Kier molecular flexibility index (Phi) is 4.22. The van der Waals surface area contributed by atoms with Gasteiger partial charge in [-0.1, -0.05) is 15.9 Å². The number of halogens is 1. The van der Waals surface area contributed by atoms with Gasteiger partial charge < -0.3 is 9.84 Å². The summed E-state index contributed by atoms with van der Waals surface area (Å²) in [5.74, 6) is 0.442. The second-order valence-electron chi connectivity index (χ2n) is 4.42. The third-order valence-electron chi connectivity index (χ3n) is 2.87. The van der Waals surface area contributed by atoms with Crippen LogP contribution in [0.3, 0.4) is 0 Å². The number of carbonyl (C=O) groups is 1. The molecule has 6 heteroatoms. The molecular weight excluding hydrogens is 366 g/mol. The fraction of sp³-hybridized carbons (Fsp3) is 0. The number of carboxylic acids is 1. The summed E-state index contributed by atoms with van der Waals surface area (Å²) in [7, 11) is 0. The smallest absolute Gasteiger partial charge is 0.355 e. The van der Waals surface area contributed by atoms with E-state index in [1.54, 1.807) is 0 Å². The SMILES string of the molecule is O=C(O)c1csc(-c2ccc(Oc3ccc(Br)cc3)cc2)n1. The third kappa shape index (κ3) is 3.35. The number of ether oxygens (including phenoxy) is 1. The highest BCUT2D eigenvalue weighted by atomic mass is 79.9. The third-order valence-corrected chi connectivity index (χ3v) is 4.29. The zero-order chi connectivity index (χ0) is 15.5. The van der Waals surface area contributed by atoms with Crippen LogP contribution in [0.4, 0.5) is 0 Å². The Labute approximate surface area is 139 Å². The molecule has 0 aliphatic carbocycles. The molecule has 0 radical (unpaired) electrons. The van der Waals surface area contributed by atoms with Gasteiger partial charge in [0.15, 0.2) is 5.69 Å². The minimum absolute atomic E-state index is 0.0650. The zero-order valence-electron chi connectivity index (χ0n) is 11.2. The molecule has 0 saturated carbocycles. The Morgan fingerprint density at radius 2 is 1.64 bits per heavy atom. The van der Waals surface area contributed by atoms with Crippen molar-refractivity contribution in [1.82, 2.24) is 4.98 Å². The summed E-state index contributed by atoms with van der Waals surface area (Å²) in [4.78, 5) is 14.9. The molecule has 1 aromatic heterocycles. The average Bonchev–Trinajstić information content (AvgIpc) is 3.00. The Balaban J connectivity index is 1.77. The van der Waals surface area contributed by atoms with E-state index in [0.29, 0.717) is 10.8 Å². The lowest BCUT2D eigenvalue weighted by atomic mass is 10.2. The van der Waals surface area contributed by atoms with Crippen LogP contribution >= 0.6 is 27.3 Å². The van der Waals surface area contributed by atoms with E-state index in [2.05, 4.69) is 20.9 Å². The zero-order valence-corrected chi connectivity index (χ0v) is 13.6. The van der Waals surface area contributed by atoms with E-state index in [0.717, 1.165) is 15.8 Å². The summed E-state index contributed by atoms with van der Waals surface area (Å²) >= 11 is 4.68. The van der Waals surface area contributed by atoms with Crippen molar-refractivity contribution in [3.05, 3.63) is 64.1 Å². The second-order valence-corrected chi connectivity index (χ2v) is 6.20. The lowest BCUT2D eigenvalue weighted by Gasteiger charge is -2.06. The van der Waals surface area contributed by atoms with Crippen LogP contribution in [-0.4, -0.2) is 16.1 Å². The highest BCUT2D eigenvalue weighted by Gasteiger charge is 2.10. The van der Waals surface area contributed by atoms with Crippen molar-refractivity contribution in [2.45, 2.75) is 0 Å². The topological polar surface area (TPSA) is 59.4 Å². The first-order valence-electron chi connectivity index (χ1n) is 6.34. The molecular formula is C16H10BrNO3S. The highest BCUT2D eigenvalue weighted by molar-refractivity contribution is 9.10. The van der Waals surface area contributed by atoms with Crippen molar-refractivity contribution in [3.63, 3.8) is 0 Å². The normalized spacial score (nSPS) is 10.4. The van der Waals surface area contributed by atoms with Crippen LogP contribution in [0.25, 0.3) is 10.6 Å². The summed E-state index contributed by atoms with van der Waals surface area (Å²) in [6.45, 7) is 0. The van der Waals surface area contributed by atoms with Gasteiger partial charge in [-0.2, -0.15) is 0 Å². The maximum Gasteiger partial charge on any atom is 0.355 e. The van der Waals surface area contributed by atoms with Crippen LogP contribution < -0.4 is 4.74 Å². The molecule has 1 heterocycles. The molecule has 0 fully saturated rings. The van der Waals surface area contributed by atoms with E-state index in [1.165, 1.54) is 16.7 Å². The van der Waals surface area contributed by atoms with Gasteiger partial charge >= 0.3 is 5.97 Å². The molecule has 0 atom stereocenters. The van der Waals surface area contributed by atoms with Crippen molar-refractivity contribution in [1.29, 1.82) is 0 Å². The van der Waals surface area contributed by atoms with Crippen molar-refractivity contribution in [2.24, 2.45) is 0 Å². The molecule has 110 valence electrons. The Morgan fingerprint density at radius 3 is 2.18 bits per heavy atom. The maximum absolute atomic E-state index is 10.8. The molecule has 0 bridgehead atoms. The van der Waals surface area contributed by atoms with Crippen LogP contribution in [0, 0.1) is 0 Å². The molecule has 4 nitrogen and oxygen atoms in total. The fourth-order valence-corrected chi connectivity index (χ4v) is 2.87. The minimum Gasteiger partial charge on any atom is -0.476 e. The maximum atomic E-state index is 10.8. The number of carboxylic acid groups (broad SMARTS) is 1. The second kappa shape index (κ2) is 6.29. The van der Waals surface area contributed by atoms with E-state index in [9.17, 15) is 4.79 Å². The summed E-state index contributed by atoms with van der Waals surface area (Å²) in [6, 6.07) is 14.9. The first kappa shape index (κ1) is 14.7. The van der Waals surface area contributed by atoms with E-state index in [1.807, 2.05) is 48.5 Å². The number of hydrogen-bond donors (Lipinski definition) is 1. The first-order chi connectivity index (χ1) is 10.6. The van der Waals surface area contributed by atoms with Gasteiger partial charge in [0.2, 0.25) is 0 Å². The van der Waals surface area contributed by atoms with Gasteiger partial charge in [0.1, 0.15) is 16.5 Å². The molecule has 0 aliphatic heterocycles. The van der Waals surface area contributed by atoms with Crippen LogP contribution in [-0.2, 0) is 0 Å².